The van der Waals surface area contributed by atoms with Gasteiger partial charge in [-0.1, -0.05) is 17.7 Å². The highest BCUT2D eigenvalue weighted by atomic mass is 35.5. The lowest BCUT2D eigenvalue weighted by molar-refractivity contribution is -0.122. The fourth-order valence-electron chi connectivity index (χ4n) is 2.50. The second-order valence-corrected chi connectivity index (χ2v) is 9.42. The summed E-state index contributed by atoms with van der Waals surface area (Å²) in [6, 6.07) is 12.4. The van der Waals surface area contributed by atoms with Gasteiger partial charge in [0.05, 0.1) is 22.6 Å². The maximum Gasteiger partial charge on any atom is 0.279 e. The topological polar surface area (TPSA) is 109 Å². The maximum atomic E-state index is 13.0. The predicted molar refractivity (Wildman–Crippen MR) is 112 cm³/mol. The van der Waals surface area contributed by atoms with Gasteiger partial charge in [0.25, 0.3) is 5.91 Å². The number of nitrogens with one attached hydrogen (secondary N) is 2. The van der Waals surface area contributed by atoms with Gasteiger partial charge >= 0.3 is 0 Å². The molecular formula is C19H18ClN3O5S2. The van der Waals surface area contributed by atoms with Crippen LogP contribution in [0.25, 0.3) is 0 Å². The molecule has 0 unspecified atom stereocenters. The standard InChI is InChI=1S/C19H18ClN3O5S2/c20-14-5-7-16(8-6-14)30(26,27)23(13-15-3-1-11-28-15)10-9-18(24)21-22-19(25)17-4-2-12-29-17/h1-8,11-12H,9-10,13H2,(H,21,24)(H,22,25). The predicted octanol–water partition coefficient (Wildman–Crippen LogP) is 3.04. The Labute approximate surface area is 182 Å². The lowest BCUT2D eigenvalue weighted by Gasteiger charge is -2.21. The summed E-state index contributed by atoms with van der Waals surface area (Å²) in [5, 5.41) is 2.15. The Morgan fingerprint density at radius 2 is 1.83 bits per heavy atom. The first-order valence-electron chi connectivity index (χ1n) is 8.77. The molecule has 8 nitrogen and oxygen atoms in total. The van der Waals surface area contributed by atoms with Crippen molar-refractivity contribution in [1.82, 2.24) is 15.2 Å². The summed E-state index contributed by atoms with van der Waals surface area (Å²) in [4.78, 5) is 24.5. The van der Waals surface area contributed by atoms with Gasteiger partial charge in [0, 0.05) is 18.0 Å². The second kappa shape index (κ2) is 9.90. The zero-order chi connectivity index (χ0) is 21.6. The van der Waals surface area contributed by atoms with Crippen molar-refractivity contribution in [3.05, 3.63) is 75.8 Å². The molecule has 3 aromatic rings. The Balaban J connectivity index is 1.66. The van der Waals surface area contributed by atoms with E-state index in [0.717, 1.165) is 4.31 Å². The summed E-state index contributed by atoms with van der Waals surface area (Å²) >= 11 is 7.08. The van der Waals surface area contributed by atoms with Gasteiger partial charge < -0.3 is 4.42 Å². The molecule has 2 amide bonds. The average molecular weight is 468 g/mol. The van der Waals surface area contributed by atoms with Gasteiger partial charge in [0.2, 0.25) is 15.9 Å². The quantitative estimate of drug-likeness (QED) is 0.495. The Kier molecular flexibility index (Phi) is 7.27. The van der Waals surface area contributed by atoms with Gasteiger partial charge in [0.15, 0.2) is 0 Å². The van der Waals surface area contributed by atoms with E-state index in [2.05, 4.69) is 10.9 Å². The molecule has 0 atom stereocenters. The number of carbonyl (C=O) groups excluding carboxylic acids is 2. The summed E-state index contributed by atoms with van der Waals surface area (Å²) in [6.45, 7) is -0.168. The van der Waals surface area contributed by atoms with E-state index in [-0.39, 0.29) is 24.4 Å². The minimum Gasteiger partial charge on any atom is -0.468 e. The highest BCUT2D eigenvalue weighted by Gasteiger charge is 2.26. The zero-order valence-electron chi connectivity index (χ0n) is 15.6. The van der Waals surface area contributed by atoms with Gasteiger partial charge in [-0.3, -0.25) is 20.4 Å². The molecule has 0 saturated heterocycles. The van der Waals surface area contributed by atoms with Gasteiger partial charge in [-0.25, -0.2) is 8.42 Å². The Hall–Kier alpha value is -2.66. The summed E-state index contributed by atoms with van der Waals surface area (Å²) in [7, 11) is -3.91. The van der Waals surface area contributed by atoms with E-state index in [4.69, 9.17) is 16.0 Å². The molecule has 0 aliphatic heterocycles. The summed E-state index contributed by atoms with van der Waals surface area (Å²) in [5.74, 6) is -0.547. The van der Waals surface area contributed by atoms with Gasteiger partial charge in [-0.15, -0.1) is 11.3 Å². The number of amides is 2. The first-order chi connectivity index (χ1) is 14.4. The smallest absolute Gasteiger partial charge is 0.279 e. The van der Waals surface area contributed by atoms with E-state index in [0.29, 0.717) is 15.7 Å². The first-order valence-corrected chi connectivity index (χ1v) is 11.5. The molecular weight excluding hydrogens is 450 g/mol. The largest absolute Gasteiger partial charge is 0.468 e. The molecule has 30 heavy (non-hydrogen) atoms. The molecule has 2 aromatic heterocycles. The van der Waals surface area contributed by atoms with Crippen LogP contribution in [0.4, 0.5) is 0 Å². The molecule has 0 aliphatic carbocycles. The van der Waals surface area contributed by atoms with Crippen molar-refractivity contribution in [2.45, 2.75) is 17.9 Å². The summed E-state index contributed by atoms with van der Waals surface area (Å²) in [6.07, 6.45) is 1.27. The monoisotopic (exact) mass is 467 g/mol. The van der Waals surface area contributed by atoms with Crippen LogP contribution in [0.15, 0.2) is 69.5 Å². The third-order valence-electron chi connectivity index (χ3n) is 4.01. The molecule has 3 rings (SSSR count). The van der Waals surface area contributed by atoms with E-state index >= 15 is 0 Å². The number of furan rings is 1. The van der Waals surface area contributed by atoms with E-state index in [1.54, 1.807) is 29.6 Å². The number of carbonyl (C=O) groups is 2. The molecule has 11 heteroatoms. The minimum absolute atomic E-state index is 0.0462. The van der Waals surface area contributed by atoms with Crippen LogP contribution in [0.1, 0.15) is 21.9 Å². The normalized spacial score (nSPS) is 11.4. The zero-order valence-corrected chi connectivity index (χ0v) is 18.0. The molecule has 0 spiro atoms. The van der Waals surface area contributed by atoms with Crippen molar-refractivity contribution < 1.29 is 22.4 Å². The Morgan fingerprint density at radius 1 is 1.07 bits per heavy atom. The van der Waals surface area contributed by atoms with Crippen molar-refractivity contribution in [1.29, 1.82) is 0 Å². The van der Waals surface area contributed by atoms with Crippen molar-refractivity contribution >= 4 is 44.8 Å². The lowest BCUT2D eigenvalue weighted by Crippen LogP contribution is -2.43. The number of nitrogens with zero attached hydrogens (tertiary/aromatic N) is 1. The fourth-order valence-corrected chi connectivity index (χ4v) is 4.65. The third kappa shape index (κ3) is 5.70. The molecule has 2 N–H and O–H groups in total. The van der Waals surface area contributed by atoms with Gasteiger partial charge in [-0.2, -0.15) is 4.31 Å². The number of rotatable bonds is 8. The van der Waals surface area contributed by atoms with Crippen LogP contribution in [0.2, 0.25) is 5.02 Å². The van der Waals surface area contributed by atoms with Crippen LogP contribution in [-0.4, -0.2) is 31.1 Å². The molecule has 0 aliphatic rings. The van der Waals surface area contributed by atoms with Crippen molar-refractivity contribution in [3.8, 4) is 0 Å². The maximum absolute atomic E-state index is 13.0. The van der Waals surface area contributed by atoms with Crippen molar-refractivity contribution in [2.75, 3.05) is 6.54 Å². The minimum atomic E-state index is -3.91. The SMILES string of the molecule is O=C(CCN(Cc1ccco1)S(=O)(=O)c1ccc(Cl)cc1)NNC(=O)c1cccs1. The lowest BCUT2D eigenvalue weighted by atomic mass is 10.4. The molecule has 0 radical (unpaired) electrons. The third-order valence-corrected chi connectivity index (χ3v) is 6.99. The van der Waals surface area contributed by atoms with E-state index < -0.39 is 21.8 Å². The van der Waals surface area contributed by atoms with Crippen LogP contribution in [0.3, 0.4) is 0 Å². The Morgan fingerprint density at radius 3 is 2.47 bits per heavy atom. The van der Waals surface area contributed by atoms with E-state index in [9.17, 15) is 18.0 Å². The number of halogens is 1. The van der Waals surface area contributed by atoms with Crippen molar-refractivity contribution in [3.63, 3.8) is 0 Å². The number of hydrazine groups is 1. The highest BCUT2D eigenvalue weighted by molar-refractivity contribution is 7.89. The first kappa shape index (κ1) is 22.0. The number of benzene rings is 1. The average Bonchev–Trinajstić information content (AvgIpc) is 3.43. The molecule has 0 saturated carbocycles. The Bertz CT molecular complexity index is 1080. The van der Waals surface area contributed by atoms with Gasteiger partial charge in [0.1, 0.15) is 5.76 Å². The molecule has 158 valence electrons. The van der Waals surface area contributed by atoms with Crippen LogP contribution in [0.5, 0.6) is 0 Å². The number of hydrogen-bond donors (Lipinski definition) is 2. The fraction of sp³-hybridized carbons (Fsp3) is 0.158. The number of thiophene rings is 1. The molecule has 0 bridgehead atoms. The number of hydrogen-bond acceptors (Lipinski definition) is 6. The van der Waals surface area contributed by atoms with Crippen LogP contribution in [-0.2, 0) is 21.4 Å². The van der Waals surface area contributed by atoms with E-state index in [1.165, 1.54) is 41.9 Å². The highest BCUT2D eigenvalue weighted by Crippen LogP contribution is 2.21. The molecule has 2 heterocycles. The second-order valence-electron chi connectivity index (χ2n) is 6.10. The number of sulfonamides is 1. The van der Waals surface area contributed by atoms with E-state index in [1.807, 2.05) is 0 Å². The van der Waals surface area contributed by atoms with Crippen LogP contribution < -0.4 is 10.9 Å². The summed E-state index contributed by atoms with van der Waals surface area (Å²) < 4.78 is 32.5. The summed E-state index contributed by atoms with van der Waals surface area (Å²) in [5.41, 5.74) is 4.59. The molecule has 0 fully saturated rings. The van der Waals surface area contributed by atoms with Crippen LogP contribution >= 0.6 is 22.9 Å². The van der Waals surface area contributed by atoms with Gasteiger partial charge in [-0.05, 0) is 47.8 Å². The molecule has 1 aromatic carbocycles. The van der Waals surface area contributed by atoms with Crippen molar-refractivity contribution in [2.24, 2.45) is 0 Å². The van der Waals surface area contributed by atoms with Crippen LogP contribution in [0, 0.1) is 0 Å².